The van der Waals surface area contributed by atoms with Gasteiger partial charge in [0.1, 0.15) is 5.56 Å². The molecule has 1 aromatic heterocycles. The number of ether oxygens (including phenoxy) is 2. The molecular formula is C30H26F5N3O4S. The van der Waals surface area contributed by atoms with Crippen LogP contribution in [0.2, 0.25) is 0 Å². The van der Waals surface area contributed by atoms with E-state index in [0.717, 1.165) is 16.3 Å². The number of imidazole rings is 1. The number of aliphatic hydroxyl groups is 1. The number of aromatic nitrogens is 2. The summed E-state index contributed by atoms with van der Waals surface area (Å²) in [5.74, 6) is -12.0. The van der Waals surface area contributed by atoms with Crippen LogP contribution in [0.25, 0.3) is 0 Å². The van der Waals surface area contributed by atoms with E-state index >= 15 is 0 Å². The van der Waals surface area contributed by atoms with Gasteiger partial charge in [-0.05, 0) is 16.7 Å². The average Bonchev–Trinajstić information content (AvgIpc) is 3.45. The van der Waals surface area contributed by atoms with Crippen LogP contribution in [0.15, 0.2) is 66.1 Å². The Bertz CT molecular complexity index is 1570. The van der Waals surface area contributed by atoms with Crippen LogP contribution in [0.4, 0.5) is 22.0 Å². The monoisotopic (exact) mass is 619 g/mol. The number of carbonyl (C=O) groups is 1. The topological polar surface area (TPSA) is 85.6 Å². The van der Waals surface area contributed by atoms with Crippen LogP contribution in [0.1, 0.15) is 51.4 Å². The minimum atomic E-state index is -2.34. The summed E-state index contributed by atoms with van der Waals surface area (Å²) in [6, 6.07) is 14.1. The molecule has 0 radical (unpaired) electrons. The number of amides is 1. The molecule has 3 aromatic carbocycles. The van der Waals surface area contributed by atoms with Gasteiger partial charge < -0.3 is 24.5 Å². The van der Waals surface area contributed by atoms with Gasteiger partial charge in [0.25, 0.3) is 5.91 Å². The van der Waals surface area contributed by atoms with E-state index in [0.29, 0.717) is 23.3 Å². The van der Waals surface area contributed by atoms with E-state index in [4.69, 9.17) is 9.47 Å². The van der Waals surface area contributed by atoms with Crippen molar-refractivity contribution in [2.75, 3.05) is 5.75 Å². The van der Waals surface area contributed by atoms with Crippen molar-refractivity contribution in [3.8, 4) is 0 Å². The van der Waals surface area contributed by atoms with E-state index in [1.165, 1.54) is 0 Å². The maximum Gasteiger partial charge on any atom is 0.257 e. The van der Waals surface area contributed by atoms with Gasteiger partial charge in [-0.2, -0.15) is 0 Å². The molecule has 4 aromatic rings. The second kappa shape index (κ2) is 13.2. The highest BCUT2D eigenvalue weighted by Gasteiger charge is 2.33. The summed E-state index contributed by atoms with van der Waals surface area (Å²) < 4.78 is 82.8. The second-order valence-electron chi connectivity index (χ2n) is 9.85. The van der Waals surface area contributed by atoms with Crippen LogP contribution < -0.4 is 5.32 Å². The number of hydrogen-bond donors (Lipinski definition) is 2. The Morgan fingerprint density at radius 3 is 2.14 bits per heavy atom. The summed E-state index contributed by atoms with van der Waals surface area (Å²) in [5.41, 5.74) is 1.31. The highest BCUT2D eigenvalue weighted by Crippen LogP contribution is 2.39. The lowest BCUT2D eigenvalue weighted by atomic mass is 10.0. The number of halogens is 5. The average molecular weight is 620 g/mol. The fourth-order valence-electron chi connectivity index (χ4n) is 4.55. The van der Waals surface area contributed by atoms with Crippen molar-refractivity contribution in [1.82, 2.24) is 14.9 Å². The summed E-state index contributed by atoms with van der Waals surface area (Å²) >= 11 is 1.55. The first-order chi connectivity index (χ1) is 20.7. The van der Waals surface area contributed by atoms with Crippen LogP contribution in [-0.4, -0.2) is 32.4 Å². The number of thioether (sulfide) groups is 1. The van der Waals surface area contributed by atoms with E-state index in [2.05, 4.69) is 10.3 Å². The standard InChI is InChI=1S/C30H26F5N3O4S/c1-38-11-10-36-30(38)43-15-20-12-21(18-6-4-17(14-39)5-7-18)42-29(41-20)19-8-2-16(3-9-19)13-37-28(40)22-23(31)25(33)27(35)26(34)24(22)32/h2-11,20-21,29,39H,12-15H2,1H3,(H,37,40). The zero-order valence-corrected chi connectivity index (χ0v) is 23.5. The molecule has 1 aliphatic heterocycles. The zero-order valence-electron chi connectivity index (χ0n) is 22.7. The normalized spacial score (nSPS) is 18.5. The first-order valence-electron chi connectivity index (χ1n) is 13.2. The number of benzene rings is 3. The summed E-state index contributed by atoms with van der Waals surface area (Å²) in [5, 5.41) is 12.4. The van der Waals surface area contributed by atoms with Crippen LogP contribution in [0.5, 0.6) is 0 Å². The Morgan fingerprint density at radius 2 is 1.53 bits per heavy atom. The zero-order chi connectivity index (χ0) is 30.7. The van der Waals surface area contributed by atoms with Gasteiger partial charge in [-0.15, -0.1) is 0 Å². The van der Waals surface area contributed by atoms with Crippen molar-refractivity contribution in [2.24, 2.45) is 7.05 Å². The SMILES string of the molecule is Cn1ccnc1SCC1CC(c2ccc(CO)cc2)OC(c2ccc(CNC(=O)c3c(F)c(F)c(F)c(F)c3F)cc2)O1. The molecule has 2 N–H and O–H groups in total. The van der Waals surface area contributed by atoms with Gasteiger partial charge in [-0.3, -0.25) is 4.79 Å². The molecule has 1 saturated heterocycles. The van der Waals surface area contributed by atoms with Crippen LogP contribution >= 0.6 is 11.8 Å². The number of nitrogens with one attached hydrogen (secondary N) is 1. The van der Waals surface area contributed by atoms with E-state index in [1.54, 1.807) is 42.2 Å². The molecule has 0 spiro atoms. The summed E-state index contributed by atoms with van der Waals surface area (Å²) in [6.45, 7) is -0.317. The van der Waals surface area contributed by atoms with Crippen molar-refractivity contribution >= 4 is 17.7 Å². The fraction of sp³-hybridized carbons (Fsp3) is 0.267. The molecule has 3 atom stereocenters. The number of aryl methyl sites for hydroxylation is 1. The lowest BCUT2D eigenvalue weighted by Gasteiger charge is -2.36. The second-order valence-corrected chi connectivity index (χ2v) is 10.8. The lowest BCUT2D eigenvalue weighted by Crippen LogP contribution is -2.31. The Kier molecular flexibility index (Phi) is 9.45. The van der Waals surface area contributed by atoms with E-state index < -0.39 is 46.8 Å². The maximum absolute atomic E-state index is 14.0. The molecule has 0 aliphatic carbocycles. The summed E-state index contributed by atoms with van der Waals surface area (Å²) in [6.07, 6.45) is 2.89. The molecule has 5 rings (SSSR count). The van der Waals surface area contributed by atoms with Gasteiger partial charge in [-0.1, -0.05) is 60.3 Å². The maximum atomic E-state index is 14.0. The molecule has 13 heteroatoms. The minimum Gasteiger partial charge on any atom is -0.392 e. The van der Waals surface area contributed by atoms with E-state index in [1.807, 2.05) is 42.1 Å². The Labute approximate surface area is 247 Å². The van der Waals surface area contributed by atoms with Crippen LogP contribution in [0, 0.1) is 29.1 Å². The van der Waals surface area contributed by atoms with Gasteiger partial charge in [0.2, 0.25) is 5.82 Å². The largest absolute Gasteiger partial charge is 0.392 e. The molecule has 2 heterocycles. The van der Waals surface area contributed by atoms with E-state index in [9.17, 15) is 31.9 Å². The molecule has 1 aliphatic rings. The summed E-state index contributed by atoms with van der Waals surface area (Å²) in [4.78, 5) is 16.6. The number of nitrogens with zero attached hydrogens (tertiary/aromatic N) is 2. The molecule has 0 bridgehead atoms. The number of rotatable bonds is 9. The number of hydrogen-bond acceptors (Lipinski definition) is 6. The lowest BCUT2D eigenvalue weighted by molar-refractivity contribution is -0.245. The van der Waals surface area contributed by atoms with E-state index in [-0.39, 0.29) is 25.4 Å². The van der Waals surface area contributed by atoms with Crippen molar-refractivity contribution < 1.29 is 41.3 Å². The Hall–Kier alpha value is -3.78. The number of carbonyl (C=O) groups excluding carboxylic acids is 1. The Morgan fingerprint density at radius 1 is 0.930 bits per heavy atom. The van der Waals surface area contributed by atoms with Gasteiger partial charge in [0.05, 0.1) is 18.8 Å². The molecule has 43 heavy (non-hydrogen) atoms. The number of aliphatic hydroxyl groups excluding tert-OH is 1. The molecule has 1 fully saturated rings. The molecule has 1 amide bonds. The third kappa shape index (κ3) is 6.74. The van der Waals surface area contributed by atoms with Crippen molar-refractivity contribution in [2.45, 2.75) is 43.2 Å². The first kappa shape index (κ1) is 30.7. The summed E-state index contributed by atoms with van der Waals surface area (Å²) in [7, 11) is 1.90. The quantitative estimate of drug-likeness (QED) is 0.105. The fourth-order valence-corrected chi connectivity index (χ4v) is 5.50. The molecule has 226 valence electrons. The van der Waals surface area contributed by atoms with Gasteiger partial charge in [0.15, 0.2) is 34.7 Å². The molecule has 0 saturated carbocycles. The minimum absolute atomic E-state index is 0.0746. The smallest absolute Gasteiger partial charge is 0.257 e. The van der Waals surface area contributed by atoms with Crippen molar-refractivity contribution in [3.63, 3.8) is 0 Å². The van der Waals surface area contributed by atoms with Crippen LogP contribution in [0.3, 0.4) is 0 Å². The highest BCUT2D eigenvalue weighted by molar-refractivity contribution is 7.99. The predicted molar refractivity (Wildman–Crippen MR) is 146 cm³/mol. The predicted octanol–water partition coefficient (Wildman–Crippen LogP) is 5.88. The van der Waals surface area contributed by atoms with Gasteiger partial charge in [-0.25, -0.2) is 26.9 Å². The highest BCUT2D eigenvalue weighted by atomic mass is 32.2. The van der Waals surface area contributed by atoms with Crippen LogP contribution in [-0.2, 0) is 29.7 Å². The first-order valence-corrected chi connectivity index (χ1v) is 14.1. The third-order valence-corrected chi connectivity index (χ3v) is 8.12. The third-order valence-electron chi connectivity index (χ3n) is 6.93. The molecular weight excluding hydrogens is 593 g/mol. The van der Waals surface area contributed by atoms with Gasteiger partial charge >= 0.3 is 0 Å². The van der Waals surface area contributed by atoms with Crippen molar-refractivity contribution in [3.05, 3.63) is 118 Å². The molecule has 7 nitrogen and oxygen atoms in total. The Balaban J connectivity index is 1.29. The molecule has 3 unspecified atom stereocenters. The van der Waals surface area contributed by atoms with Gasteiger partial charge in [0, 0.05) is 43.7 Å². The van der Waals surface area contributed by atoms with Crippen molar-refractivity contribution in [1.29, 1.82) is 0 Å².